The van der Waals surface area contributed by atoms with Crippen molar-refractivity contribution in [3.05, 3.63) is 53.6 Å². The minimum Gasteiger partial charge on any atom is -0.486 e. The van der Waals surface area contributed by atoms with E-state index in [9.17, 15) is 0 Å². The zero-order chi connectivity index (χ0) is 13.1. The first-order chi connectivity index (χ1) is 8.63. The summed E-state index contributed by atoms with van der Waals surface area (Å²) in [6.45, 7) is 8.32. The Hall–Kier alpha value is -1.76. The molecule has 0 aromatic heterocycles. The highest BCUT2D eigenvalue weighted by Crippen LogP contribution is 2.31. The largest absolute Gasteiger partial charge is 0.486 e. The van der Waals surface area contributed by atoms with Crippen molar-refractivity contribution in [3.8, 4) is 5.75 Å². The average molecular weight is 240 g/mol. The Balaban J connectivity index is 2.50. The lowest BCUT2D eigenvalue weighted by Gasteiger charge is -2.17. The second-order valence-corrected chi connectivity index (χ2v) is 4.72. The molecule has 0 heterocycles. The van der Waals surface area contributed by atoms with E-state index in [2.05, 4.69) is 57.2 Å². The van der Waals surface area contributed by atoms with Crippen LogP contribution in [0.15, 0.2) is 42.5 Å². The smallest absolute Gasteiger partial charge is 0.126 e. The summed E-state index contributed by atoms with van der Waals surface area (Å²) in [6, 6.07) is 10.6. The Morgan fingerprint density at radius 2 is 1.89 bits per heavy atom. The lowest BCUT2D eigenvalue weighted by Crippen LogP contribution is -2.10. The molecule has 1 atom stereocenters. The number of aryl methyl sites for hydroxylation is 2. The van der Waals surface area contributed by atoms with E-state index in [4.69, 9.17) is 4.74 Å². The standard InChI is InChI=1S/C17H20O/c1-5-8-13(3)18-17-12(2)11-15-9-6-7-10-16(15)14(17)4/h5-11,13H,1-4H3/b8-5+. The molecule has 0 radical (unpaired) electrons. The number of hydrogen-bond donors (Lipinski definition) is 0. The molecular formula is C17H20O. The van der Waals surface area contributed by atoms with Gasteiger partial charge in [-0.15, -0.1) is 0 Å². The second kappa shape index (κ2) is 5.26. The lowest BCUT2D eigenvalue weighted by molar-refractivity contribution is 0.266. The van der Waals surface area contributed by atoms with Crippen molar-refractivity contribution in [1.82, 2.24) is 0 Å². The van der Waals surface area contributed by atoms with E-state index >= 15 is 0 Å². The summed E-state index contributed by atoms with van der Waals surface area (Å²) >= 11 is 0. The molecule has 0 spiro atoms. The van der Waals surface area contributed by atoms with Crippen LogP contribution in [0, 0.1) is 13.8 Å². The summed E-state index contributed by atoms with van der Waals surface area (Å²) in [7, 11) is 0. The fraction of sp³-hybridized carbons (Fsp3) is 0.294. The van der Waals surface area contributed by atoms with Crippen molar-refractivity contribution in [2.45, 2.75) is 33.8 Å². The number of hydrogen-bond acceptors (Lipinski definition) is 1. The molecule has 0 fully saturated rings. The molecule has 0 aliphatic carbocycles. The van der Waals surface area contributed by atoms with Gasteiger partial charge in [-0.3, -0.25) is 0 Å². The number of rotatable bonds is 3. The van der Waals surface area contributed by atoms with Gasteiger partial charge in [0.15, 0.2) is 0 Å². The fourth-order valence-electron chi connectivity index (χ4n) is 2.36. The SMILES string of the molecule is C/C=C/C(C)Oc1c(C)cc2ccccc2c1C. The summed E-state index contributed by atoms with van der Waals surface area (Å²) in [4.78, 5) is 0. The van der Waals surface area contributed by atoms with Gasteiger partial charge in [-0.2, -0.15) is 0 Å². The molecule has 0 amide bonds. The van der Waals surface area contributed by atoms with Crippen molar-refractivity contribution in [3.63, 3.8) is 0 Å². The Bertz CT molecular complexity index is 581. The van der Waals surface area contributed by atoms with Gasteiger partial charge in [0.05, 0.1) is 0 Å². The summed E-state index contributed by atoms with van der Waals surface area (Å²) < 4.78 is 6.04. The van der Waals surface area contributed by atoms with Crippen molar-refractivity contribution in [2.24, 2.45) is 0 Å². The highest BCUT2D eigenvalue weighted by atomic mass is 16.5. The van der Waals surface area contributed by atoms with Crippen molar-refractivity contribution in [1.29, 1.82) is 0 Å². The van der Waals surface area contributed by atoms with Gasteiger partial charge in [0, 0.05) is 0 Å². The van der Waals surface area contributed by atoms with Crippen LogP contribution in [0.3, 0.4) is 0 Å². The molecule has 2 aromatic rings. The van der Waals surface area contributed by atoms with Crippen LogP contribution in [0.4, 0.5) is 0 Å². The van der Waals surface area contributed by atoms with Gasteiger partial charge in [-0.1, -0.05) is 30.3 Å². The van der Waals surface area contributed by atoms with Gasteiger partial charge in [0.1, 0.15) is 11.9 Å². The third-order valence-electron chi connectivity index (χ3n) is 3.20. The maximum Gasteiger partial charge on any atom is 0.126 e. The lowest BCUT2D eigenvalue weighted by atomic mass is 10.0. The van der Waals surface area contributed by atoms with Crippen LogP contribution in [0.5, 0.6) is 5.75 Å². The maximum atomic E-state index is 6.04. The van der Waals surface area contributed by atoms with Gasteiger partial charge < -0.3 is 4.74 Å². The molecule has 1 nitrogen and oxygen atoms in total. The molecule has 0 aliphatic rings. The third-order valence-corrected chi connectivity index (χ3v) is 3.20. The van der Waals surface area contributed by atoms with Crippen molar-refractivity contribution >= 4 is 10.8 Å². The molecule has 0 saturated heterocycles. The maximum absolute atomic E-state index is 6.04. The summed E-state index contributed by atoms with van der Waals surface area (Å²) in [5.74, 6) is 1.01. The Kier molecular flexibility index (Phi) is 3.71. The molecule has 1 heteroatoms. The number of fused-ring (bicyclic) bond motifs is 1. The third kappa shape index (κ3) is 2.40. The fourth-order valence-corrected chi connectivity index (χ4v) is 2.36. The Morgan fingerprint density at radius 1 is 1.17 bits per heavy atom. The van der Waals surface area contributed by atoms with Gasteiger partial charge >= 0.3 is 0 Å². The first-order valence-corrected chi connectivity index (χ1v) is 6.42. The molecule has 18 heavy (non-hydrogen) atoms. The molecule has 94 valence electrons. The molecule has 0 N–H and O–H groups in total. The van der Waals surface area contributed by atoms with Crippen LogP contribution in [0.25, 0.3) is 10.8 Å². The molecule has 0 aliphatic heterocycles. The monoisotopic (exact) mass is 240 g/mol. The zero-order valence-corrected chi connectivity index (χ0v) is 11.5. The second-order valence-electron chi connectivity index (χ2n) is 4.72. The quantitative estimate of drug-likeness (QED) is 0.700. The van der Waals surface area contributed by atoms with Gasteiger partial charge in [-0.05, 0) is 61.7 Å². The minimum absolute atomic E-state index is 0.105. The number of ether oxygens (including phenoxy) is 1. The molecule has 0 bridgehead atoms. The van der Waals surface area contributed by atoms with E-state index < -0.39 is 0 Å². The highest BCUT2D eigenvalue weighted by molar-refractivity contribution is 5.88. The predicted molar refractivity (Wildman–Crippen MR) is 78.3 cm³/mol. The predicted octanol–water partition coefficient (Wildman–Crippen LogP) is 4.80. The first kappa shape index (κ1) is 12.7. The molecule has 2 rings (SSSR count). The molecule has 1 unspecified atom stereocenters. The van der Waals surface area contributed by atoms with Crippen LogP contribution in [0.1, 0.15) is 25.0 Å². The highest BCUT2D eigenvalue weighted by Gasteiger charge is 2.10. The first-order valence-electron chi connectivity index (χ1n) is 6.42. The number of benzene rings is 2. The zero-order valence-electron chi connectivity index (χ0n) is 11.5. The van der Waals surface area contributed by atoms with E-state index in [1.165, 1.54) is 21.9 Å². The van der Waals surface area contributed by atoms with Crippen LogP contribution >= 0.6 is 0 Å². The van der Waals surface area contributed by atoms with Crippen LogP contribution in [-0.2, 0) is 0 Å². The van der Waals surface area contributed by atoms with E-state index in [0.29, 0.717) is 0 Å². The summed E-state index contributed by atoms with van der Waals surface area (Å²) in [5.41, 5.74) is 2.42. The Morgan fingerprint density at radius 3 is 2.61 bits per heavy atom. The summed E-state index contributed by atoms with van der Waals surface area (Å²) in [6.07, 6.45) is 4.19. The minimum atomic E-state index is 0.105. The average Bonchev–Trinajstić information content (AvgIpc) is 2.35. The Labute approximate surface area is 109 Å². The van der Waals surface area contributed by atoms with Crippen LogP contribution in [-0.4, -0.2) is 6.10 Å². The van der Waals surface area contributed by atoms with Crippen molar-refractivity contribution in [2.75, 3.05) is 0 Å². The number of allylic oxidation sites excluding steroid dienone is 1. The molecular weight excluding hydrogens is 220 g/mol. The van der Waals surface area contributed by atoms with E-state index in [1.807, 2.05) is 13.0 Å². The normalized spacial score (nSPS) is 13.1. The van der Waals surface area contributed by atoms with Gasteiger partial charge in [-0.25, -0.2) is 0 Å². The van der Waals surface area contributed by atoms with E-state index in [1.54, 1.807) is 0 Å². The van der Waals surface area contributed by atoms with Crippen LogP contribution in [0.2, 0.25) is 0 Å². The van der Waals surface area contributed by atoms with E-state index in [0.717, 1.165) is 5.75 Å². The van der Waals surface area contributed by atoms with Crippen LogP contribution < -0.4 is 4.74 Å². The van der Waals surface area contributed by atoms with Crippen molar-refractivity contribution < 1.29 is 4.74 Å². The van der Waals surface area contributed by atoms with Gasteiger partial charge in [0.25, 0.3) is 0 Å². The topological polar surface area (TPSA) is 9.23 Å². The van der Waals surface area contributed by atoms with E-state index in [-0.39, 0.29) is 6.10 Å². The molecule has 0 saturated carbocycles. The summed E-state index contributed by atoms with van der Waals surface area (Å²) in [5, 5.41) is 2.55. The molecule has 2 aromatic carbocycles. The van der Waals surface area contributed by atoms with Gasteiger partial charge in [0.2, 0.25) is 0 Å².